The summed E-state index contributed by atoms with van der Waals surface area (Å²) in [5.41, 5.74) is 3.86. The van der Waals surface area contributed by atoms with Crippen LogP contribution in [0.15, 0.2) is 18.2 Å². The Labute approximate surface area is 71.6 Å². The molecule has 0 fully saturated rings. The highest BCUT2D eigenvalue weighted by Gasteiger charge is 2.08. The van der Waals surface area contributed by atoms with Crippen LogP contribution in [0.25, 0.3) is 0 Å². The molecule has 1 atom stereocenters. The second-order valence-corrected chi connectivity index (χ2v) is 2.91. The lowest BCUT2D eigenvalue weighted by Gasteiger charge is -2.11. The van der Waals surface area contributed by atoms with E-state index in [4.69, 9.17) is 5.21 Å². The van der Waals surface area contributed by atoms with Crippen molar-refractivity contribution in [1.82, 2.24) is 5.48 Å². The van der Waals surface area contributed by atoms with Gasteiger partial charge in [-0.3, -0.25) is 0 Å². The van der Waals surface area contributed by atoms with Crippen molar-refractivity contribution in [1.29, 1.82) is 0 Å². The van der Waals surface area contributed by atoms with Crippen LogP contribution in [0.3, 0.4) is 0 Å². The summed E-state index contributed by atoms with van der Waals surface area (Å²) in [4.78, 5) is 0. The second kappa shape index (κ2) is 3.56. The van der Waals surface area contributed by atoms with Crippen molar-refractivity contribution in [3.8, 4) is 5.75 Å². The quantitative estimate of drug-likeness (QED) is 0.588. The van der Waals surface area contributed by atoms with Crippen molar-refractivity contribution in [2.24, 2.45) is 0 Å². The van der Waals surface area contributed by atoms with Crippen molar-refractivity contribution >= 4 is 0 Å². The van der Waals surface area contributed by atoms with Crippen molar-refractivity contribution in [2.45, 2.75) is 19.9 Å². The fourth-order valence-corrected chi connectivity index (χ4v) is 1.09. The molecule has 1 unspecified atom stereocenters. The highest BCUT2D eigenvalue weighted by molar-refractivity contribution is 5.37. The minimum absolute atomic E-state index is 0.203. The maximum Gasteiger partial charge on any atom is 0.120 e. The standard InChI is InChI=1S/C9H13NO2/c1-6-3-4-9(11)8(5-6)7(2)10-12/h3-5,7,10-12H,1-2H3. The number of phenolic OH excluding ortho intramolecular Hbond substituents is 1. The van der Waals surface area contributed by atoms with E-state index in [1.165, 1.54) is 0 Å². The predicted molar refractivity (Wildman–Crippen MR) is 46.2 cm³/mol. The van der Waals surface area contributed by atoms with E-state index in [9.17, 15) is 5.11 Å². The number of nitrogens with one attached hydrogen (secondary N) is 1. The topological polar surface area (TPSA) is 52.5 Å². The molecule has 0 spiro atoms. The van der Waals surface area contributed by atoms with Gasteiger partial charge < -0.3 is 10.3 Å². The van der Waals surface area contributed by atoms with Crippen molar-refractivity contribution in [3.63, 3.8) is 0 Å². The van der Waals surface area contributed by atoms with Gasteiger partial charge in [0.25, 0.3) is 0 Å². The van der Waals surface area contributed by atoms with E-state index in [-0.39, 0.29) is 11.8 Å². The first-order chi connectivity index (χ1) is 5.65. The Morgan fingerprint density at radius 1 is 1.42 bits per heavy atom. The molecule has 0 radical (unpaired) electrons. The zero-order valence-corrected chi connectivity index (χ0v) is 7.20. The molecule has 0 bridgehead atoms. The fourth-order valence-electron chi connectivity index (χ4n) is 1.09. The summed E-state index contributed by atoms with van der Waals surface area (Å²) < 4.78 is 0. The molecule has 3 heteroatoms. The average Bonchev–Trinajstić information content (AvgIpc) is 2.08. The second-order valence-electron chi connectivity index (χ2n) is 2.91. The third kappa shape index (κ3) is 1.75. The third-order valence-electron chi connectivity index (χ3n) is 1.84. The van der Waals surface area contributed by atoms with E-state index in [1.807, 2.05) is 19.1 Å². The van der Waals surface area contributed by atoms with Gasteiger partial charge in [-0.05, 0) is 19.9 Å². The highest BCUT2D eigenvalue weighted by atomic mass is 16.5. The Kier molecular flexibility index (Phi) is 2.68. The normalized spacial score (nSPS) is 12.9. The van der Waals surface area contributed by atoms with Gasteiger partial charge in [0.15, 0.2) is 0 Å². The number of rotatable bonds is 2. The summed E-state index contributed by atoms with van der Waals surface area (Å²) in [7, 11) is 0. The third-order valence-corrected chi connectivity index (χ3v) is 1.84. The Balaban J connectivity index is 3.04. The van der Waals surface area contributed by atoms with E-state index < -0.39 is 0 Å². The van der Waals surface area contributed by atoms with Gasteiger partial charge in [-0.15, -0.1) is 0 Å². The molecule has 0 aliphatic heterocycles. The molecule has 66 valence electrons. The molecule has 0 aliphatic carbocycles. The van der Waals surface area contributed by atoms with Gasteiger partial charge in [0.1, 0.15) is 5.75 Å². The van der Waals surface area contributed by atoms with Crippen LogP contribution < -0.4 is 5.48 Å². The van der Waals surface area contributed by atoms with Gasteiger partial charge >= 0.3 is 0 Å². The lowest BCUT2D eigenvalue weighted by atomic mass is 10.1. The van der Waals surface area contributed by atoms with E-state index in [0.29, 0.717) is 5.56 Å². The molecule has 12 heavy (non-hydrogen) atoms. The SMILES string of the molecule is Cc1ccc(O)c(C(C)NO)c1. The number of phenols is 1. The monoisotopic (exact) mass is 167 g/mol. The molecule has 0 heterocycles. The number of benzene rings is 1. The molecular formula is C9H13NO2. The first kappa shape index (κ1) is 9.03. The highest BCUT2D eigenvalue weighted by Crippen LogP contribution is 2.24. The van der Waals surface area contributed by atoms with Crippen LogP contribution in [0.2, 0.25) is 0 Å². The molecule has 0 aliphatic rings. The Morgan fingerprint density at radius 2 is 2.08 bits per heavy atom. The summed E-state index contributed by atoms with van der Waals surface area (Å²) in [6.45, 7) is 3.71. The van der Waals surface area contributed by atoms with Gasteiger partial charge in [0.05, 0.1) is 6.04 Å². The maximum absolute atomic E-state index is 9.39. The average molecular weight is 167 g/mol. The summed E-state index contributed by atoms with van der Waals surface area (Å²) in [5.74, 6) is 0.203. The summed E-state index contributed by atoms with van der Waals surface area (Å²) in [5, 5.41) is 18.0. The molecule has 1 aromatic carbocycles. The Bertz CT molecular complexity index is 273. The minimum atomic E-state index is -0.245. The van der Waals surface area contributed by atoms with Crippen LogP contribution in [-0.2, 0) is 0 Å². The molecule has 0 aromatic heterocycles. The predicted octanol–water partition coefficient (Wildman–Crippen LogP) is 1.74. The van der Waals surface area contributed by atoms with Crippen molar-refractivity contribution in [3.05, 3.63) is 29.3 Å². The van der Waals surface area contributed by atoms with Crippen molar-refractivity contribution in [2.75, 3.05) is 0 Å². The molecule has 1 rings (SSSR count). The van der Waals surface area contributed by atoms with E-state index >= 15 is 0 Å². The summed E-state index contributed by atoms with van der Waals surface area (Å²) in [6, 6.07) is 5.04. The first-order valence-electron chi connectivity index (χ1n) is 3.84. The molecule has 1 aromatic rings. The zero-order chi connectivity index (χ0) is 9.14. The van der Waals surface area contributed by atoms with Crippen LogP contribution in [0.1, 0.15) is 24.1 Å². The summed E-state index contributed by atoms with van der Waals surface area (Å²) >= 11 is 0. The molecular weight excluding hydrogens is 154 g/mol. The van der Waals surface area contributed by atoms with Gasteiger partial charge in [0, 0.05) is 5.56 Å². The number of hydroxylamine groups is 1. The van der Waals surface area contributed by atoms with E-state index in [2.05, 4.69) is 5.48 Å². The van der Waals surface area contributed by atoms with Crippen LogP contribution >= 0.6 is 0 Å². The van der Waals surface area contributed by atoms with Crippen LogP contribution in [0.5, 0.6) is 5.75 Å². The van der Waals surface area contributed by atoms with Crippen LogP contribution in [-0.4, -0.2) is 10.3 Å². The van der Waals surface area contributed by atoms with Gasteiger partial charge in [0.2, 0.25) is 0 Å². The molecule has 3 N–H and O–H groups in total. The number of hydrogen-bond donors (Lipinski definition) is 3. The molecule has 0 saturated carbocycles. The lowest BCUT2D eigenvalue weighted by Crippen LogP contribution is -2.13. The number of aromatic hydroxyl groups is 1. The Morgan fingerprint density at radius 3 is 2.67 bits per heavy atom. The Hall–Kier alpha value is -1.06. The number of aryl methyl sites for hydroxylation is 1. The van der Waals surface area contributed by atoms with E-state index in [1.54, 1.807) is 13.0 Å². The fraction of sp³-hybridized carbons (Fsp3) is 0.333. The van der Waals surface area contributed by atoms with Gasteiger partial charge in [-0.2, -0.15) is 5.48 Å². The smallest absolute Gasteiger partial charge is 0.120 e. The largest absolute Gasteiger partial charge is 0.508 e. The molecule has 0 amide bonds. The van der Waals surface area contributed by atoms with Crippen molar-refractivity contribution < 1.29 is 10.3 Å². The summed E-state index contributed by atoms with van der Waals surface area (Å²) in [6.07, 6.45) is 0. The van der Waals surface area contributed by atoms with E-state index in [0.717, 1.165) is 5.56 Å². The van der Waals surface area contributed by atoms with Gasteiger partial charge in [-0.25, -0.2) is 0 Å². The zero-order valence-electron chi connectivity index (χ0n) is 7.20. The lowest BCUT2D eigenvalue weighted by molar-refractivity contribution is 0.132. The van der Waals surface area contributed by atoms with Crippen LogP contribution in [0.4, 0.5) is 0 Å². The molecule has 0 saturated heterocycles. The minimum Gasteiger partial charge on any atom is -0.508 e. The maximum atomic E-state index is 9.39. The first-order valence-corrected chi connectivity index (χ1v) is 3.84. The van der Waals surface area contributed by atoms with Crippen LogP contribution in [0, 0.1) is 6.92 Å². The van der Waals surface area contributed by atoms with Gasteiger partial charge in [-0.1, -0.05) is 17.7 Å². The number of hydrogen-bond acceptors (Lipinski definition) is 3. The molecule has 3 nitrogen and oxygen atoms in total.